The Balaban J connectivity index is 3.18. The third-order valence-electron chi connectivity index (χ3n) is 1.68. The van der Waals surface area contributed by atoms with Crippen LogP contribution in [0.4, 0.5) is 5.69 Å². The molecule has 1 rings (SSSR count). The standard InChI is InChI=1S/C8H10N2O2S/c1-13-8-3-2-6(5-9)4-7(8)10(11)12/h2-4H,5,9H2,1H3. The number of nitro groups is 1. The zero-order valence-corrected chi connectivity index (χ0v) is 8.00. The highest BCUT2D eigenvalue weighted by Crippen LogP contribution is 2.27. The van der Waals surface area contributed by atoms with E-state index in [0.717, 1.165) is 5.56 Å². The maximum atomic E-state index is 10.6. The van der Waals surface area contributed by atoms with Gasteiger partial charge in [0.15, 0.2) is 0 Å². The molecule has 0 saturated heterocycles. The van der Waals surface area contributed by atoms with E-state index in [4.69, 9.17) is 5.73 Å². The minimum absolute atomic E-state index is 0.135. The van der Waals surface area contributed by atoms with Crippen LogP contribution in [-0.2, 0) is 6.54 Å². The van der Waals surface area contributed by atoms with Gasteiger partial charge in [0.05, 0.1) is 9.82 Å². The van der Waals surface area contributed by atoms with Gasteiger partial charge in [-0.25, -0.2) is 0 Å². The molecule has 0 unspecified atom stereocenters. The van der Waals surface area contributed by atoms with Crippen molar-refractivity contribution in [2.75, 3.05) is 6.26 Å². The number of nitrogens with two attached hydrogens (primary N) is 1. The first-order chi connectivity index (χ1) is 6.19. The summed E-state index contributed by atoms with van der Waals surface area (Å²) in [5.74, 6) is 0. The average molecular weight is 198 g/mol. The van der Waals surface area contributed by atoms with Gasteiger partial charge in [-0.05, 0) is 17.9 Å². The maximum absolute atomic E-state index is 10.6. The minimum Gasteiger partial charge on any atom is -0.326 e. The Labute approximate surface area is 80.3 Å². The van der Waals surface area contributed by atoms with Crippen molar-refractivity contribution >= 4 is 17.4 Å². The molecule has 1 aromatic rings. The summed E-state index contributed by atoms with van der Waals surface area (Å²) in [4.78, 5) is 10.9. The molecule has 70 valence electrons. The van der Waals surface area contributed by atoms with Gasteiger partial charge in [0.2, 0.25) is 0 Å². The summed E-state index contributed by atoms with van der Waals surface area (Å²) in [6.07, 6.45) is 1.81. The first-order valence-corrected chi connectivity index (χ1v) is 4.93. The number of hydrogen-bond donors (Lipinski definition) is 1. The van der Waals surface area contributed by atoms with Crippen molar-refractivity contribution in [3.63, 3.8) is 0 Å². The molecule has 0 bridgehead atoms. The molecule has 0 spiro atoms. The van der Waals surface area contributed by atoms with Crippen LogP contribution in [0.2, 0.25) is 0 Å². The summed E-state index contributed by atoms with van der Waals surface area (Å²) in [6, 6.07) is 5.05. The van der Waals surface area contributed by atoms with Gasteiger partial charge in [-0.1, -0.05) is 6.07 Å². The lowest BCUT2D eigenvalue weighted by atomic mass is 10.2. The first kappa shape index (κ1) is 10.0. The molecule has 0 radical (unpaired) electrons. The Morgan fingerprint density at radius 2 is 2.31 bits per heavy atom. The first-order valence-electron chi connectivity index (χ1n) is 3.70. The Bertz CT molecular complexity index is 328. The highest BCUT2D eigenvalue weighted by molar-refractivity contribution is 7.98. The lowest BCUT2D eigenvalue weighted by Crippen LogP contribution is -1.98. The maximum Gasteiger partial charge on any atom is 0.283 e. The van der Waals surface area contributed by atoms with Crippen molar-refractivity contribution in [3.05, 3.63) is 33.9 Å². The molecule has 0 aliphatic rings. The zero-order chi connectivity index (χ0) is 9.84. The average Bonchev–Trinajstić information content (AvgIpc) is 2.16. The van der Waals surface area contributed by atoms with E-state index in [-0.39, 0.29) is 10.6 Å². The Hall–Kier alpha value is -1.07. The van der Waals surface area contributed by atoms with E-state index in [0.29, 0.717) is 11.4 Å². The van der Waals surface area contributed by atoms with Gasteiger partial charge in [0.1, 0.15) is 0 Å². The molecule has 1 aromatic carbocycles. The highest BCUT2D eigenvalue weighted by atomic mass is 32.2. The van der Waals surface area contributed by atoms with Gasteiger partial charge in [0.25, 0.3) is 5.69 Å². The lowest BCUT2D eigenvalue weighted by molar-refractivity contribution is -0.387. The van der Waals surface area contributed by atoms with E-state index < -0.39 is 0 Å². The summed E-state index contributed by atoms with van der Waals surface area (Å²) in [5, 5.41) is 10.6. The topological polar surface area (TPSA) is 69.2 Å². The SMILES string of the molecule is CSc1ccc(CN)cc1[N+](=O)[O-]. The highest BCUT2D eigenvalue weighted by Gasteiger charge is 2.12. The van der Waals surface area contributed by atoms with Crippen molar-refractivity contribution in [1.29, 1.82) is 0 Å². The van der Waals surface area contributed by atoms with E-state index in [1.165, 1.54) is 17.8 Å². The van der Waals surface area contributed by atoms with E-state index in [2.05, 4.69) is 0 Å². The molecule has 0 amide bonds. The molecule has 0 aliphatic heterocycles. The second-order valence-electron chi connectivity index (χ2n) is 2.47. The number of benzene rings is 1. The second kappa shape index (κ2) is 4.25. The molecule has 4 nitrogen and oxygen atoms in total. The van der Waals surface area contributed by atoms with E-state index in [1.54, 1.807) is 12.1 Å². The number of nitrogens with zero attached hydrogens (tertiary/aromatic N) is 1. The quantitative estimate of drug-likeness (QED) is 0.456. The van der Waals surface area contributed by atoms with Crippen LogP contribution in [0.1, 0.15) is 5.56 Å². The van der Waals surface area contributed by atoms with Gasteiger partial charge in [-0.2, -0.15) is 0 Å². The molecule has 0 heterocycles. The van der Waals surface area contributed by atoms with Crippen LogP contribution in [0.25, 0.3) is 0 Å². The van der Waals surface area contributed by atoms with Gasteiger partial charge in [-0.15, -0.1) is 11.8 Å². The minimum atomic E-state index is -0.384. The van der Waals surface area contributed by atoms with Crippen LogP contribution in [0.3, 0.4) is 0 Å². The van der Waals surface area contributed by atoms with Crippen LogP contribution < -0.4 is 5.73 Å². The van der Waals surface area contributed by atoms with Gasteiger partial charge in [-0.3, -0.25) is 10.1 Å². The van der Waals surface area contributed by atoms with Crippen LogP contribution in [0, 0.1) is 10.1 Å². The van der Waals surface area contributed by atoms with Gasteiger partial charge in [0, 0.05) is 12.6 Å². The predicted octanol–water partition coefficient (Wildman–Crippen LogP) is 1.78. The van der Waals surface area contributed by atoms with Crippen molar-refractivity contribution in [2.24, 2.45) is 5.73 Å². The summed E-state index contributed by atoms with van der Waals surface area (Å²) in [5.41, 5.74) is 6.30. The molecule has 0 atom stereocenters. The Morgan fingerprint density at radius 1 is 1.62 bits per heavy atom. The molecular weight excluding hydrogens is 188 g/mol. The Morgan fingerprint density at radius 3 is 2.77 bits per heavy atom. The molecule has 0 fully saturated rings. The molecule has 5 heteroatoms. The van der Waals surface area contributed by atoms with Gasteiger partial charge < -0.3 is 5.73 Å². The molecular formula is C8H10N2O2S. The summed E-state index contributed by atoms with van der Waals surface area (Å²) in [7, 11) is 0. The zero-order valence-electron chi connectivity index (χ0n) is 7.19. The summed E-state index contributed by atoms with van der Waals surface area (Å²) in [6.45, 7) is 0.329. The van der Waals surface area contributed by atoms with Gasteiger partial charge >= 0.3 is 0 Å². The summed E-state index contributed by atoms with van der Waals surface area (Å²) < 4.78 is 0. The van der Waals surface area contributed by atoms with Crippen molar-refractivity contribution in [1.82, 2.24) is 0 Å². The molecule has 0 aromatic heterocycles. The van der Waals surface area contributed by atoms with Crippen LogP contribution in [0.15, 0.2) is 23.1 Å². The molecule has 2 N–H and O–H groups in total. The molecule has 0 saturated carbocycles. The Kier molecular flexibility index (Phi) is 3.27. The normalized spacial score (nSPS) is 10.0. The van der Waals surface area contributed by atoms with Crippen molar-refractivity contribution < 1.29 is 4.92 Å². The second-order valence-corrected chi connectivity index (χ2v) is 3.32. The number of rotatable bonds is 3. The van der Waals surface area contributed by atoms with Crippen molar-refractivity contribution in [3.8, 4) is 0 Å². The van der Waals surface area contributed by atoms with E-state index >= 15 is 0 Å². The van der Waals surface area contributed by atoms with Crippen LogP contribution >= 0.6 is 11.8 Å². The van der Waals surface area contributed by atoms with E-state index in [9.17, 15) is 10.1 Å². The van der Waals surface area contributed by atoms with Crippen molar-refractivity contribution in [2.45, 2.75) is 11.4 Å². The number of nitro benzene ring substituents is 1. The number of thioether (sulfide) groups is 1. The third kappa shape index (κ3) is 2.19. The fourth-order valence-electron chi connectivity index (χ4n) is 1.01. The fraction of sp³-hybridized carbons (Fsp3) is 0.250. The number of hydrogen-bond acceptors (Lipinski definition) is 4. The predicted molar refractivity (Wildman–Crippen MR) is 52.8 cm³/mol. The third-order valence-corrected chi connectivity index (χ3v) is 2.46. The lowest BCUT2D eigenvalue weighted by Gasteiger charge is -2.01. The fourth-order valence-corrected chi connectivity index (χ4v) is 1.55. The van der Waals surface area contributed by atoms with Crippen LogP contribution in [-0.4, -0.2) is 11.2 Å². The largest absolute Gasteiger partial charge is 0.326 e. The smallest absolute Gasteiger partial charge is 0.283 e. The molecule has 0 aliphatic carbocycles. The van der Waals surface area contributed by atoms with Crippen LogP contribution in [0.5, 0.6) is 0 Å². The summed E-state index contributed by atoms with van der Waals surface area (Å²) >= 11 is 1.36. The monoisotopic (exact) mass is 198 g/mol. The molecule has 13 heavy (non-hydrogen) atoms. The van der Waals surface area contributed by atoms with E-state index in [1.807, 2.05) is 6.26 Å².